The Morgan fingerprint density at radius 3 is 2.77 bits per heavy atom. The molecule has 1 amide bonds. The average molecular weight is 409 g/mol. The third kappa shape index (κ3) is 3.73. The monoisotopic (exact) mass is 409 g/mol. The van der Waals surface area contributed by atoms with Gasteiger partial charge in [-0.25, -0.2) is 0 Å². The number of hydrogen-bond donors (Lipinski definition) is 2. The minimum atomic E-state index is -0.179. The second-order valence-electron chi connectivity index (χ2n) is 8.48. The molecule has 0 bridgehead atoms. The van der Waals surface area contributed by atoms with E-state index in [1.165, 1.54) is 19.0 Å². The van der Waals surface area contributed by atoms with Gasteiger partial charge in [0.15, 0.2) is 0 Å². The van der Waals surface area contributed by atoms with Gasteiger partial charge in [-0.3, -0.25) is 19.6 Å². The van der Waals surface area contributed by atoms with E-state index in [1.807, 2.05) is 24.0 Å². The SMILES string of the molecule is Cc1cc2[nH]c(=O)c3cn[nH]c3c2cc1C(=O)N1CCN(CCOCC2CC2)CC1. The van der Waals surface area contributed by atoms with Crippen molar-refractivity contribution in [3.05, 3.63) is 39.8 Å². The van der Waals surface area contributed by atoms with E-state index >= 15 is 0 Å². The quantitative estimate of drug-likeness (QED) is 0.607. The van der Waals surface area contributed by atoms with E-state index in [2.05, 4.69) is 20.1 Å². The van der Waals surface area contributed by atoms with Gasteiger partial charge in [0.2, 0.25) is 0 Å². The molecule has 0 radical (unpaired) electrons. The molecule has 0 atom stereocenters. The van der Waals surface area contributed by atoms with Crippen LogP contribution in [0.5, 0.6) is 0 Å². The molecule has 3 aromatic rings. The van der Waals surface area contributed by atoms with Gasteiger partial charge in [0, 0.05) is 50.3 Å². The molecule has 158 valence electrons. The van der Waals surface area contributed by atoms with Crippen LogP contribution in [0.25, 0.3) is 21.8 Å². The van der Waals surface area contributed by atoms with Crippen LogP contribution in [-0.4, -0.2) is 76.8 Å². The van der Waals surface area contributed by atoms with Gasteiger partial charge >= 0.3 is 0 Å². The van der Waals surface area contributed by atoms with E-state index in [4.69, 9.17) is 4.74 Å². The van der Waals surface area contributed by atoms with Gasteiger partial charge in [0.05, 0.1) is 29.2 Å². The predicted molar refractivity (Wildman–Crippen MR) is 115 cm³/mol. The van der Waals surface area contributed by atoms with Crippen LogP contribution < -0.4 is 5.56 Å². The summed E-state index contributed by atoms with van der Waals surface area (Å²) in [5.74, 6) is 0.836. The number of H-pyrrole nitrogens is 2. The van der Waals surface area contributed by atoms with Gasteiger partial charge in [0.1, 0.15) is 0 Å². The molecule has 8 heteroatoms. The van der Waals surface area contributed by atoms with Crippen LogP contribution in [0.4, 0.5) is 0 Å². The molecule has 1 saturated carbocycles. The Morgan fingerprint density at radius 2 is 2.00 bits per heavy atom. The number of rotatable bonds is 6. The molecule has 1 aliphatic heterocycles. The van der Waals surface area contributed by atoms with Crippen LogP contribution >= 0.6 is 0 Å². The number of hydrogen-bond acceptors (Lipinski definition) is 5. The lowest BCUT2D eigenvalue weighted by Crippen LogP contribution is -2.49. The Labute approximate surface area is 174 Å². The third-order valence-corrected chi connectivity index (χ3v) is 6.26. The Hall–Kier alpha value is -2.71. The Balaban J connectivity index is 1.28. The number of pyridine rings is 1. The van der Waals surface area contributed by atoms with Crippen LogP contribution in [0, 0.1) is 12.8 Å². The molecule has 3 heterocycles. The number of aromatic nitrogens is 3. The Bertz CT molecular complexity index is 1140. The zero-order valence-electron chi connectivity index (χ0n) is 17.2. The molecule has 2 N–H and O–H groups in total. The van der Waals surface area contributed by atoms with Crippen molar-refractivity contribution in [2.24, 2.45) is 5.92 Å². The highest BCUT2D eigenvalue weighted by Gasteiger charge is 2.25. The van der Waals surface area contributed by atoms with E-state index in [0.717, 1.165) is 49.7 Å². The molecule has 1 saturated heterocycles. The number of aryl methyl sites for hydroxylation is 1. The molecule has 1 aliphatic carbocycles. The van der Waals surface area contributed by atoms with Crippen molar-refractivity contribution in [3.63, 3.8) is 0 Å². The summed E-state index contributed by atoms with van der Waals surface area (Å²) in [6, 6.07) is 3.75. The lowest BCUT2D eigenvalue weighted by atomic mass is 10.0. The average Bonchev–Trinajstić information content (AvgIpc) is 3.44. The summed E-state index contributed by atoms with van der Waals surface area (Å²) in [7, 11) is 0. The summed E-state index contributed by atoms with van der Waals surface area (Å²) in [6.07, 6.45) is 4.15. The molecule has 30 heavy (non-hydrogen) atoms. The normalized spacial score (nSPS) is 17.8. The first-order valence-electron chi connectivity index (χ1n) is 10.7. The zero-order valence-corrected chi connectivity index (χ0v) is 17.2. The fourth-order valence-corrected chi connectivity index (χ4v) is 4.17. The van der Waals surface area contributed by atoms with Gasteiger partial charge < -0.3 is 14.6 Å². The Kier molecular flexibility index (Phi) is 5.04. The highest BCUT2D eigenvalue weighted by atomic mass is 16.5. The molecule has 0 spiro atoms. The predicted octanol–water partition coefficient (Wildman–Crippen LogP) is 1.90. The number of benzene rings is 1. The smallest absolute Gasteiger partial charge is 0.259 e. The fourth-order valence-electron chi connectivity index (χ4n) is 4.17. The van der Waals surface area contributed by atoms with Crippen molar-refractivity contribution < 1.29 is 9.53 Å². The van der Waals surface area contributed by atoms with Crippen LogP contribution in [0.15, 0.2) is 23.1 Å². The maximum atomic E-state index is 13.2. The molecule has 2 fully saturated rings. The number of ether oxygens (including phenoxy) is 1. The van der Waals surface area contributed by atoms with Gasteiger partial charge in [-0.05, 0) is 43.4 Å². The van der Waals surface area contributed by atoms with Gasteiger partial charge in [0.25, 0.3) is 11.5 Å². The number of amides is 1. The summed E-state index contributed by atoms with van der Waals surface area (Å²) < 4.78 is 5.74. The summed E-state index contributed by atoms with van der Waals surface area (Å²) >= 11 is 0. The Morgan fingerprint density at radius 1 is 1.20 bits per heavy atom. The zero-order chi connectivity index (χ0) is 20.7. The second-order valence-corrected chi connectivity index (χ2v) is 8.48. The van der Waals surface area contributed by atoms with E-state index in [9.17, 15) is 9.59 Å². The van der Waals surface area contributed by atoms with Crippen molar-refractivity contribution in [1.82, 2.24) is 25.0 Å². The molecule has 0 unspecified atom stereocenters. The van der Waals surface area contributed by atoms with E-state index in [-0.39, 0.29) is 11.5 Å². The summed E-state index contributed by atoms with van der Waals surface area (Å²) in [6.45, 7) is 7.66. The number of carbonyl (C=O) groups excluding carboxylic acids is 1. The molecule has 2 aliphatic rings. The molecule has 8 nitrogen and oxygen atoms in total. The maximum absolute atomic E-state index is 13.2. The van der Waals surface area contributed by atoms with E-state index in [1.54, 1.807) is 0 Å². The van der Waals surface area contributed by atoms with Gasteiger partial charge in [-0.15, -0.1) is 0 Å². The summed E-state index contributed by atoms with van der Waals surface area (Å²) in [5.41, 5.74) is 2.73. The van der Waals surface area contributed by atoms with Crippen molar-refractivity contribution in [2.75, 3.05) is 45.9 Å². The summed E-state index contributed by atoms with van der Waals surface area (Å²) in [4.78, 5) is 32.6. The number of aromatic amines is 2. The van der Waals surface area contributed by atoms with Crippen molar-refractivity contribution in [2.45, 2.75) is 19.8 Å². The van der Waals surface area contributed by atoms with Gasteiger partial charge in [-0.1, -0.05) is 0 Å². The number of nitrogens with one attached hydrogen (secondary N) is 2. The summed E-state index contributed by atoms with van der Waals surface area (Å²) in [5, 5.41) is 8.20. The minimum absolute atomic E-state index is 0.0397. The van der Waals surface area contributed by atoms with Crippen molar-refractivity contribution >= 4 is 27.7 Å². The van der Waals surface area contributed by atoms with Crippen LogP contribution in [0.2, 0.25) is 0 Å². The molecule has 5 rings (SSSR count). The van der Waals surface area contributed by atoms with Crippen molar-refractivity contribution in [1.29, 1.82) is 0 Å². The topological polar surface area (TPSA) is 94.3 Å². The largest absolute Gasteiger partial charge is 0.380 e. The lowest BCUT2D eigenvalue weighted by molar-refractivity contribution is 0.0538. The highest BCUT2D eigenvalue weighted by molar-refractivity contribution is 6.07. The number of piperazine rings is 1. The number of fused-ring (bicyclic) bond motifs is 3. The number of carbonyl (C=O) groups is 1. The highest BCUT2D eigenvalue weighted by Crippen LogP contribution is 2.28. The first-order valence-corrected chi connectivity index (χ1v) is 10.7. The van der Waals surface area contributed by atoms with Crippen molar-refractivity contribution in [3.8, 4) is 0 Å². The first kappa shape index (κ1) is 19.3. The molecule has 1 aromatic carbocycles. The molecular formula is C22H27N5O3. The molecular weight excluding hydrogens is 382 g/mol. The van der Waals surface area contributed by atoms with Crippen LogP contribution in [-0.2, 0) is 4.74 Å². The fraction of sp³-hybridized carbons (Fsp3) is 0.500. The second kappa shape index (κ2) is 7.85. The molecule has 2 aromatic heterocycles. The number of nitrogens with zero attached hydrogens (tertiary/aromatic N) is 3. The van der Waals surface area contributed by atoms with Crippen LogP contribution in [0.3, 0.4) is 0 Å². The van der Waals surface area contributed by atoms with Crippen LogP contribution in [0.1, 0.15) is 28.8 Å². The maximum Gasteiger partial charge on any atom is 0.259 e. The standard InChI is InChI=1S/C22H27N5O3/c1-14-10-19-17(20-18(12-23-25-20)21(28)24-19)11-16(14)22(29)27-6-4-26(5-7-27)8-9-30-13-15-2-3-15/h10-12,15H,2-9,13H2,1H3,(H,23,25)(H,24,28). The van der Waals surface area contributed by atoms with Gasteiger partial charge in [-0.2, -0.15) is 5.10 Å². The van der Waals surface area contributed by atoms with E-state index < -0.39 is 0 Å². The minimum Gasteiger partial charge on any atom is -0.380 e. The third-order valence-electron chi connectivity index (χ3n) is 6.26. The first-order chi connectivity index (χ1) is 14.6. The lowest BCUT2D eigenvalue weighted by Gasteiger charge is -2.35. The van der Waals surface area contributed by atoms with E-state index in [0.29, 0.717) is 35.1 Å².